The summed E-state index contributed by atoms with van der Waals surface area (Å²) in [6.45, 7) is 5.32. The number of halogens is 1. The van der Waals surface area contributed by atoms with E-state index in [1.54, 1.807) is 6.20 Å². The van der Waals surface area contributed by atoms with Gasteiger partial charge in [-0.05, 0) is 29.3 Å². The molecule has 0 fully saturated rings. The number of anilines is 2. The number of nitrogens with zero attached hydrogens (tertiary/aromatic N) is 3. The van der Waals surface area contributed by atoms with Crippen LogP contribution in [0.2, 0.25) is 0 Å². The van der Waals surface area contributed by atoms with Gasteiger partial charge in [-0.15, -0.1) is 0 Å². The van der Waals surface area contributed by atoms with E-state index in [-0.39, 0.29) is 0 Å². The summed E-state index contributed by atoms with van der Waals surface area (Å²) in [6.07, 6.45) is 4.25. The summed E-state index contributed by atoms with van der Waals surface area (Å²) in [5, 5.41) is 6.39. The van der Waals surface area contributed by atoms with Crippen molar-refractivity contribution in [3.63, 3.8) is 0 Å². The van der Waals surface area contributed by atoms with Gasteiger partial charge in [0.1, 0.15) is 28.2 Å². The van der Waals surface area contributed by atoms with E-state index in [1.165, 1.54) is 6.33 Å². The Morgan fingerprint density at radius 1 is 1.21 bits per heavy atom. The van der Waals surface area contributed by atoms with E-state index in [2.05, 4.69) is 48.4 Å². The summed E-state index contributed by atoms with van der Waals surface area (Å²) < 4.78 is 6.20. The van der Waals surface area contributed by atoms with Gasteiger partial charge in [-0.25, -0.2) is 15.0 Å². The van der Waals surface area contributed by atoms with Crippen LogP contribution < -0.4 is 10.6 Å². The first-order chi connectivity index (χ1) is 9.20. The number of hydrogen-bond donors (Lipinski definition) is 2. The zero-order valence-corrected chi connectivity index (χ0v) is 12.5. The van der Waals surface area contributed by atoms with Gasteiger partial charge < -0.3 is 15.1 Å². The van der Waals surface area contributed by atoms with Gasteiger partial charge in [0, 0.05) is 6.54 Å². The molecule has 102 valence electrons. The number of oxazole rings is 1. The molecular weight excluding hydrogens is 310 g/mol. The highest BCUT2D eigenvalue weighted by Gasteiger charge is 2.09. The van der Waals surface area contributed by atoms with Crippen LogP contribution in [0.25, 0.3) is 0 Å². The minimum absolute atomic E-state index is 0.483. The number of aryl methyl sites for hydroxylation is 1. The third-order valence-corrected chi connectivity index (χ3v) is 3.16. The van der Waals surface area contributed by atoms with Crippen molar-refractivity contribution in [2.24, 2.45) is 0 Å². The molecule has 0 aromatic carbocycles. The Labute approximate surface area is 120 Å². The Morgan fingerprint density at radius 3 is 2.58 bits per heavy atom. The van der Waals surface area contributed by atoms with E-state index in [4.69, 9.17) is 4.42 Å². The summed E-state index contributed by atoms with van der Waals surface area (Å²) in [4.78, 5) is 12.5. The van der Waals surface area contributed by atoms with Crippen LogP contribution in [-0.2, 0) is 6.54 Å². The van der Waals surface area contributed by atoms with Crippen molar-refractivity contribution in [3.05, 3.63) is 28.6 Å². The first-order valence-corrected chi connectivity index (χ1v) is 6.89. The van der Waals surface area contributed by atoms with Crippen LogP contribution in [0.1, 0.15) is 25.0 Å². The van der Waals surface area contributed by atoms with Crippen molar-refractivity contribution in [3.8, 4) is 0 Å². The molecule has 2 heterocycles. The molecule has 6 nitrogen and oxygen atoms in total. The van der Waals surface area contributed by atoms with Crippen molar-refractivity contribution in [2.45, 2.75) is 26.8 Å². The zero-order chi connectivity index (χ0) is 13.7. The molecule has 2 N–H and O–H groups in total. The lowest BCUT2D eigenvalue weighted by Crippen LogP contribution is -2.07. The fourth-order valence-electron chi connectivity index (χ4n) is 1.50. The number of aromatic nitrogens is 3. The van der Waals surface area contributed by atoms with E-state index in [1.807, 2.05) is 6.92 Å². The molecule has 0 radical (unpaired) electrons. The lowest BCUT2D eigenvalue weighted by Gasteiger charge is -2.10. The smallest absolute Gasteiger partial charge is 0.213 e. The van der Waals surface area contributed by atoms with Crippen LogP contribution in [-0.4, -0.2) is 21.5 Å². The van der Waals surface area contributed by atoms with Crippen molar-refractivity contribution in [1.29, 1.82) is 0 Å². The topological polar surface area (TPSA) is 75.9 Å². The van der Waals surface area contributed by atoms with Crippen LogP contribution in [0.5, 0.6) is 0 Å². The Bertz CT molecular complexity index is 543. The SMILES string of the molecule is CCCNc1ncnc(NCc2ncc(C)o2)c1Br. The lowest BCUT2D eigenvalue weighted by molar-refractivity contribution is 0.478. The molecule has 0 aliphatic carbocycles. The molecule has 2 rings (SSSR count). The molecule has 0 bridgehead atoms. The minimum atomic E-state index is 0.483. The van der Waals surface area contributed by atoms with E-state index in [9.17, 15) is 0 Å². The van der Waals surface area contributed by atoms with Gasteiger partial charge in [-0.2, -0.15) is 0 Å². The molecule has 0 unspecified atom stereocenters. The second-order valence-electron chi connectivity index (χ2n) is 4.03. The Kier molecular flexibility index (Phi) is 4.73. The maximum Gasteiger partial charge on any atom is 0.213 e. The third kappa shape index (κ3) is 3.66. The number of rotatable bonds is 6. The van der Waals surface area contributed by atoms with Crippen molar-refractivity contribution >= 4 is 27.6 Å². The third-order valence-electron chi connectivity index (χ3n) is 2.41. The van der Waals surface area contributed by atoms with E-state index < -0.39 is 0 Å². The van der Waals surface area contributed by atoms with Gasteiger partial charge in [0.15, 0.2) is 0 Å². The lowest BCUT2D eigenvalue weighted by atomic mass is 10.4. The van der Waals surface area contributed by atoms with Crippen LogP contribution in [0.3, 0.4) is 0 Å². The van der Waals surface area contributed by atoms with Gasteiger partial charge in [-0.1, -0.05) is 6.92 Å². The van der Waals surface area contributed by atoms with Gasteiger partial charge in [-0.3, -0.25) is 0 Å². The van der Waals surface area contributed by atoms with Gasteiger partial charge >= 0.3 is 0 Å². The average Bonchev–Trinajstić information content (AvgIpc) is 2.82. The van der Waals surface area contributed by atoms with E-state index in [0.717, 1.165) is 29.0 Å². The predicted molar refractivity (Wildman–Crippen MR) is 77.1 cm³/mol. The number of nitrogens with one attached hydrogen (secondary N) is 2. The van der Waals surface area contributed by atoms with Crippen LogP contribution in [0.15, 0.2) is 21.4 Å². The van der Waals surface area contributed by atoms with Crippen molar-refractivity contribution in [1.82, 2.24) is 15.0 Å². The highest BCUT2D eigenvalue weighted by atomic mass is 79.9. The summed E-state index contributed by atoms with van der Waals surface area (Å²) in [5.41, 5.74) is 0. The normalized spacial score (nSPS) is 10.5. The van der Waals surface area contributed by atoms with Crippen LogP contribution in [0.4, 0.5) is 11.6 Å². The summed E-state index contributed by atoms with van der Waals surface area (Å²) in [7, 11) is 0. The Hall–Kier alpha value is -1.63. The molecule has 7 heteroatoms. The van der Waals surface area contributed by atoms with Gasteiger partial charge in [0.25, 0.3) is 0 Å². The summed E-state index contributed by atoms with van der Waals surface area (Å²) >= 11 is 3.49. The molecule has 2 aromatic heterocycles. The monoisotopic (exact) mass is 325 g/mol. The molecule has 0 saturated carbocycles. The fourth-order valence-corrected chi connectivity index (χ4v) is 1.99. The second kappa shape index (κ2) is 6.51. The molecule has 0 aliphatic rings. The van der Waals surface area contributed by atoms with Gasteiger partial charge in [0.05, 0.1) is 12.7 Å². The fraction of sp³-hybridized carbons (Fsp3) is 0.417. The zero-order valence-electron chi connectivity index (χ0n) is 10.9. The average molecular weight is 326 g/mol. The molecule has 2 aromatic rings. The molecule has 19 heavy (non-hydrogen) atoms. The quantitative estimate of drug-likeness (QED) is 0.850. The van der Waals surface area contributed by atoms with E-state index in [0.29, 0.717) is 18.3 Å². The van der Waals surface area contributed by atoms with Crippen molar-refractivity contribution in [2.75, 3.05) is 17.2 Å². The standard InChI is InChI=1S/C12H16BrN5O/c1-3-4-14-11-10(13)12(18-7-17-11)16-6-9-15-5-8(2)19-9/h5,7H,3-4,6H2,1-2H3,(H2,14,16,17,18). The minimum Gasteiger partial charge on any atom is -0.444 e. The second-order valence-corrected chi connectivity index (χ2v) is 4.82. The Balaban J connectivity index is 2.03. The highest BCUT2D eigenvalue weighted by molar-refractivity contribution is 9.10. The molecule has 0 amide bonds. The number of hydrogen-bond acceptors (Lipinski definition) is 6. The summed E-state index contributed by atoms with van der Waals surface area (Å²) in [5.74, 6) is 2.92. The highest BCUT2D eigenvalue weighted by Crippen LogP contribution is 2.26. The molecule has 0 atom stereocenters. The Morgan fingerprint density at radius 2 is 1.95 bits per heavy atom. The maximum absolute atomic E-state index is 5.39. The predicted octanol–water partition coefficient (Wildman–Crippen LogP) is 2.97. The first kappa shape index (κ1) is 13.8. The largest absolute Gasteiger partial charge is 0.444 e. The maximum atomic E-state index is 5.39. The van der Waals surface area contributed by atoms with Crippen LogP contribution >= 0.6 is 15.9 Å². The molecule has 0 saturated heterocycles. The van der Waals surface area contributed by atoms with E-state index >= 15 is 0 Å². The molecule has 0 aliphatic heterocycles. The van der Waals surface area contributed by atoms with Crippen LogP contribution in [0, 0.1) is 6.92 Å². The van der Waals surface area contributed by atoms with Gasteiger partial charge in [0.2, 0.25) is 5.89 Å². The van der Waals surface area contributed by atoms with Crippen molar-refractivity contribution < 1.29 is 4.42 Å². The first-order valence-electron chi connectivity index (χ1n) is 6.10. The summed E-state index contributed by atoms with van der Waals surface area (Å²) in [6, 6.07) is 0. The molecule has 0 spiro atoms. The molecular formula is C12H16BrN5O.